The Morgan fingerprint density at radius 1 is 1.47 bits per heavy atom. The molecule has 0 spiro atoms. The number of nitriles is 1. The number of hydrogen-bond donors (Lipinski definition) is 2. The van der Waals surface area contributed by atoms with Gasteiger partial charge in [0.1, 0.15) is 6.07 Å². The summed E-state index contributed by atoms with van der Waals surface area (Å²) < 4.78 is 24.5. The minimum atomic E-state index is -3.25. The van der Waals surface area contributed by atoms with Crippen LogP contribution < -0.4 is 10.0 Å². The van der Waals surface area contributed by atoms with Crippen LogP contribution in [0, 0.1) is 11.3 Å². The third-order valence-corrected chi connectivity index (χ3v) is 3.70. The van der Waals surface area contributed by atoms with Gasteiger partial charge < -0.3 is 5.32 Å². The molecule has 0 aromatic heterocycles. The fourth-order valence-electron chi connectivity index (χ4n) is 1.18. The summed E-state index contributed by atoms with van der Waals surface area (Å²) >= 11 is 5.79. The average Bonchev–Trinajstić information content (AvgIpc) is 2.29. The summed E-state index contributed by atoms with van der Waals surface area (Å²) in [6.07, 6.45) is 0. The molecule has 7 heteroatoms. The van der Waals surface area contributed by atoms with E-state index in [1.807, 2.05) is 6.07 Å². The Labute approximate surface area is 105 Å². The molecule has 0 atom stereocenters. The van der Waals surface area contributed by atoms with Gasteiger partial charge in [-0.2, -0.15) is 5.26 Å². The molecule has 0 bridgehead atoms. The Kier molecular flexibility index (Phi) is 4.75. The van der Waals surface area contributed by atoms with Crippen molar-refractivity contribution in [3.63, 3.8) is 0 Å². The Morgan fingerprint density at radius 3 is 2.76 bits per heavy atom. The highest BCUT2D eigenvalue weighted by Gasteiger charge is 2.07. The van der Waals surface area contributed by atoms with Crippen LogP contribution in [0.4, 0.5) is 5.69 Å². The molecule has 92 valence electrons. The van der Waals surface area contributed by atoms with Gasteiger partial charge in [-0.1, -0.05) is 11.6 Å². The van der Waals surface area contributed by atoms with Crippen molar-refractivity contribution in [3.05, 3.63) is 28.8 Å². The molecule has 5 nitrogen and oxygen atoms in total. The minimum Gasteiger partial charge on any atom is -0.383 e. The number of hydrogen-bond acceptors (Lipinski definition) is 4. The van der Waals surface area contributed by atoms with Crippen LogP contribution >= 0.6 is 11.6 Å². The van der Waals surface area contributed by atoms with Crippen molar-refractivity contribution in [2.45, 2.75) is 0 Å². The van der Waals surface area contributed by atoms with Crippen molar-refractivity contribution in [2.24, 2.45) is 0 Å². The Morgan fingerprint density at radius 2 is 2.18 bits per heavy atom. The first-order valence-corrected chi connectivity index (χ1v) is 6.86. The molecule has 0 aliphatic rings. The lowest BCUT2D eigenvalue weighted by atomic mass is 10.2. The molecule has 0 heterocycles. The van der Waals surface area contributed by atoms with Gasteiger partial charge in [0, 0.05) is 11.6 Å². The molecule has 0 aliphatic carbocycles. The van der Waals surface area contributed by atoms with Crippen LogP contribution in [0.3, 0.4) is 0 Å². The van der Waals surface area contributed by atoms with Gasteiger partial charge in [0.25, 0.3) is 0 Å². The Bertz CT molecular complexity index is 537. The van der Waals surface area contributed by atoms with Crippen LogP contribution in [0.1, 0.15) is 5.56 Å². The molecular formula is C10H12ClN3O2S. The second-order valence-corrected chi connectivity index (χ2v) is 5.73. The average molecular weight is 274 g/mol. The lowest BCUT2D eigenvalue weighted by molar-refractivity contribution is 0.588. The van der Waals surface area contributed by atoms with Gasteiger partial charge in [-0.25, -0.2) is 13.1 Å². The number of nitrogens with zero attached hydrogens (tertiary/aromatic N) is 1. The highest BCUT2D eigenvalue weighted by atomic mass is 35.5. The zero-order chi connectivity index (χ0) is 12.9. The second-order valence-electron chi connectivity index (χ2n) is 3.25. The molecule has 1 rings (SSSR count). The van der Waals surface area contributed by atoms with Crippen molar-refractivity contribution in [3.8, 4) is 6.07 Å². The highest BCUT2D eigenvalue weighted by Crippen LogP contribution is 2.19. The van der Waals surface area contributed by atoms with E-state index in [0.717, 1.165) is 0 Å². The lowest BCUT2D eigenvalue weighted by Gasteiger charge is -2.08. The van der Waals surface area contributed by atoms with Gasteiger partial charge in [0.05, 0.1) is 17.0 Å². The third-order valence-electron chi connectivity index (χ3n) is 2.10. The summed E-state index contributed by atoms with van der Waals surface area (Å²) in [5, 5.41) is 12.2. The molecule has 0 unspecified atom stereocenters. The number of benzene rings is 1. The van der Waals surface area contributed by atoms with Gasteiger partial charge >= 0.3 is 0 Å². The zero-order valence-electron chi connectivity index (χ0n) is 9.20. The Balaban J connectivity index is 2.70. The SMILES string of the molecule is CNS(=O)(=O)CCNc1cc(Cl)ccc1C#N. The summed E-state index contributed by atoms with van der Waals surface area (Å²) in [6.45, 7) is 0.207. The topological polar surface area (TPSA) is 82.0 Å². The lowest BCUT2D eigenvalue weighted by Crippen LogP contribution is -2.26. The number of anilines is 1. The summed E-state index contributed by atoms with van der Waals surface area (Å²) in [7, 11) is -1.89. The van der Waals surface area contributed by atoms with Crippen LogP contribution in [-0.2, 0) is 10.0 Å². The molecule has 0 fully saturated rings. The molecule has 1 aromatic carbocycles. The number of halogens is 1. The van der Waals surface area contributed by atoms with Gasteiger partial charge in [0.2, 0.25) is 10.0 Å². The maximum atomic E-state index is 11.2. The molecule has 0 saturated carbocycles. The van der Waals surface area contributed by atoms with Crippen LogP contribution in [0.5, 0.6) is 0 Å². The monoisotopic (exact) mass is 273 g/mol. The molecule has 1 aromatic rings. The maximum absolute atomic E-state index is 11.2. The van der Waals surface area contributed by atoms with E-state index >= 15 is 0 Å². The fourth-order valence-corrected chi connectivity index (χ4v) is 1.93. The largest absolute Gasteiger partial charge is 0.383 e. The van der Waals surface area contributed by atoms with Gasteiger partial charge in [-0.15, -0.1) is 0 Å². The van der Waals surface area contributed by atoms with E-state index in [-0.39, 0.29) is 12.3 Å². The van der Waals surface area contributed by atoms with Crippen molar-refractivity contribution in [1.29, 1.82) is 5.26 Å². The highest BCUT2D eigenvalue weighted by molar-refractivity contribution is 7.89. The smallest absolute Gasteiger partial charge is 0.213 e. The van der Waals surface area contributed by atoms with E-state index in [9.17, 15) is 8.42 Å². The predicted octanol–water partition coefficient (Wildman–Crippen LogP) is 1.17. The maximum Gasteiger partial charge on any atom is 0.213 e. The Hall–Kier alpha value is -1.29. The first-order valence-electron chi connectivity index (χ1n) is 4.83. The van der Waals surface area contributed by atoms with Gasteiger partial charge in [-0.05, 0) is 25.2 Å². The first-order chi connectivity index (χ1) is 7.98. The van der Waals surface area contributed by atoms with Crippen molar-refractivity contribution in [1.82, 2.24) is 4.72 Å². The van der Waals surface area contributed by atoms with E-state index in [0.29, 0.717) is 16.3 Å². The van der Waals surface area contributed by atoms with Crippen LogP contribution in [0.15, 0.2) is 18.2 Å². The van der Waals surface area contributed by atoms with E-state index in [2.05, 4.69) is 10.0 Å². The van der Waals surface area contributed by atoms with Gasteiger partial charge in [-0.3, -0.25) is 0 Å². The molecule has 0 amide bonds. The summed E-state index contributed by atoms with van der Waals surface area (Å²) in [6, 6.07) is 6.77. The predicted molar refractivity (Wildman–Crippen MR) is 67.5 cm³/mol. The first kappa shape index (κ1) is 13.8. The number of rotatable bonds is 5. The quantitative estimate of drug-likeness (QED) is 0.844. The molecule has 2 N–H and O–H groups in total. The van der Waals surface area contributed by atoms with Crippen LogP contribution in [-0.4, -0.2) is 27.8 Å². The van der Waals surface area contributed by atoms with Crippen molar-refractivity contribution < 1.29 is 8.42 Å². The van der Waals surface area contributed by atoms with E-state index in [4.69, 9.17) is 16.9 Å². The molecular weight excluding hydrogens is 262 g/mol. The van der Waals surface area contributed by atoms with Crippen LogP contribution in [0.2, 0.25) is 5.02 Å². The summed E-state index contributed by atoms with van der Waals surface area (Å²) in [4.78, 5) is 0. The summed E-state index contributed by atoms with van der Waals surface area (Å²) in [5.74, 6) is -0.0686. The third kappa shape index (κ3) is 4.23. The molecule has 0 aliphatic heterocycles. The molecule has 0 saturated heterocycles. The second kappa shape index (κ2) is 5.87. The van der Waals surface area contributed by atoms with Crippen LogP contribution in [0.25, 0.3) is 0 Å². The normalized spacial score (nSPS) is 10.9. The van der Waals surface area contributed by atoms with E-state index in [1.165, 1.54) is 7.05 Å². The fraction of sp³-hybridized carbons (Fsp3) is 0.300. The standard InChI is InChI=1S/C10H12ClN3O2S/c1-13-17(15,16)5-4-14-10-6-9(11)3-2-8(10)7-12/h2-3,6,13-14H,4-5H2,1H3. The van der Waals surface area contributed by atoms with E-state index < -0.39 is 10.0 Å². The van der Waals surface area contributed by atoms with Crippen molar-refractivity contribution >= 4 is 27.3 Å². The van der Waals surface area contributed by atoms with Crippen molar-refractivity contribution in [2.75, 3.05) is 24.7 Å². The van der Waals surface area contributed by atoms with E-state index in [1.54, 1.807) is 18.2 Å². The summed E-state index contributed by atoms with van der Waals surface area (Å²) in [5.41, 5.74) is 0.961. The van der Waals surface area contributed by atoms with Gasteiger partial charge in [0.15, 0.2) is 0 Å². The zero-order valence-corrected chi connectivity index (χ0v) is 10.8. The molecule has 0 radical (unpaired) electrons. The minimum absolute atomic E-state index is 0.0686. The number of nitrogens with one attached hydrogen (secondary N) is 2. The number of sulfonamides is 1. The molecule has 17 heavy (non-hydrogen) atoms.